The van der Waals surface area contributed by atoms with Gasteiger partial charge in [-0.25, -0.2) is 0 Å². The summed E-state index contributed by atoms with van der Waals surface area (Å²) in [7, 11) is 0. The van der Waals surface area contributed by atoms with Crippen molar-refractivity contribution >= 4 is 29.1 Å². The maximum Gasteiger partial charge on any atom is 0.255 e. The molecule has 1 N–H and O–H groups in total. The second-order valence-electron chi connectivity index (χ2n) is 4.08. The average Bonchev–Trinajstić information content (AvgIpc) is 3.09. The molecule has 0 radical (unpaired) electrons. The van der Waals surface area contributed by atoms with E-state index in [9.17, 15) is 4.79 Å². The van der Waals surface area contributed by atoms with Gasteiger partial charge in [-0.05, 0) is 31.0 Å². The number of amides is 1. The van der Waals surface area contributed by atoms with Gasteiger partial charge in [-0.15, -0.1) is 0 Å². The van der Waals surface area contributed by atoms with E-state index in [1.165, 1.54) is 0 Å². The molecule has 1 amide bonds. The Morgan fingerprint density at radius 2 is 2.12 bits per heavy atom. The average molecular weight is 274 g/mol. The highest BCUT2D eigenvalue weighted by molar-refractivity contribution is 6.36. The number of aliphatic hydroxyl groups excluding tert-OH is 1. The van der Waals surface area contributed by atoms with E-state index in [1.54, 1.807) is 23.1 Å². The van der Waals surface area contributed by atoms with Gasteiger partial charge in [-0.2, -0.15) is 0 Å². The first kappa shape index (κ1) is 12.7. The van der Waals surface area contributed by atoms with E-state index in [4.69, 9.17) is 28.3 Å². The fraction of sp³-hybridized carbons (Fsp3) is 0.417. The number of carbonyl (C=O) groups is 1. The van der Waals surface area contributed by atoms with Gasteiger partial charge in [0.25, 0.3) is 5.91 Å². The van der Waals surface area contributed by atoms with Crippen molar-refractivity contribution in [2.24, 2.45) is 0 Å². The van der Waals surface area contributed by atoms with Gasteiger partial charge < -0.3 is 10.0 Å². The van der Waals surface area contributed by atoms with Crippen LogP contribution in [0, 0.1) is 0 Å². The van der Waals surface area contributed by atoms with E-state index in [1.807, 2.05) is 0 Å². The highest BCUT2D eigenvalue weighted by Crippen LogP contribution is 2.30. The van der Waals surface area contributed by atoms with Crippen molar-refractivity contribution in [3.05, 3.63) is 33.8 Å². The molecule has 0 aromatic heterocycles. The molecule has 1 fully saturated rings. The second kappa shape index (κ2) is 5.25. The zero-order chi connectivity index (χ0) is 12.4. The molecule has 3 nitrogen and oxygen atoms in total. The topological polar surface area (TPSA) is 40.5 Å². The smallest absolute Gasteiger partial charge is 0.255 e. The molecule has 2 rings (SSSR count). The third-order valence-electron chi connectivity index (χ3n) is 2.75. The van der Waals surface area contributed by atoms with Gasteiger partial charge in [0.05, 0.1) is 17.2 Å². The molecule has 17 heavy (non-hydrogen) atoms. The van der Waals surface area contributed by atoms with Crippen molar-refractivity contribution in [2.75, 3.05) is 13.2 Å². The summed E-state index contributed by atoms with van der Waals surface area (Å²) in [5.74, 6) is -0.136. The lowest BCUT2D eigenvalue weighted by molar-refractivity contribution is 0.0708. The van der Waals surface area contributed by atoms with Crippen molar-refractivity contribution in [2.45, 2.75) is 18.9 Å². The lowest BCUT2D eigenvalue weighted by Gasteiger charge is -2.21. The number of hydrogen-bond acceptors (Lipinski definition) is 2. The standard InChI is InChI=1S/C12H13Cl2NO2/c13-8-1-4-10(11(14)7-8)12(17)15(5-6-16)9-2-3-9/h1,4,7,9,16H,2-3,5-6H2. The van der Waals surface area contributed by atoms with Crippen LogP contribution < -0.4 is 0 Å². The number of rotatable bonds is 4. The number of nitrogens with zero attached hydrogens (tertiary/aromatic N) is 1. The summed E-state index contributed by atoms with van der Waals surface area (Å²) in [4.78, 5) is 13.9. The fourth-order valence-corrected chi connectivity index (χ4v) is 2.25. The molecule has 0 atom stereocenters. The van der Waals surface area contributed by atoms with Crippen LogP contribution in [0.4, 0.5) is 0 Å². The molecular formula is C12H13Cl2NO2. The van der Waals surface area contributed by atoms with Gasteiger partial charge in [-0.3, -0.25) is 4.79 Å². The molecule has 0 saturated heterocycles. The zero-order valence-electron chi connectivity index (χ0n) is 9.20. The van der Waals surface area contributed by atoms with Crippen LogP contribution in [0.25, 0.3) is 0 Å². The molecule has 1 aromatic rings. The Morgan fingerprint density at radius 1 is 1.41 bits per heavy atom. The normalized spacial score (nSPS) is 14.8. The van der Waals surface area contributed by atoms with Crippen LogP contribution in [0.1, 0.15) is 23.2 Å². The van der Waals surface area contributed by atoms with E-state index >= 15 is 0 Å². The van der Waals surface area contributed by atoms with Crippen LogP contribution in [0.15, 0.2) is 18.2 Å². The molecular weight excluding hydrogens is 261 g/mol. The molecule has 5 heteroatoms. The monoisotopic (exact) mass is 273 g/mol. The minimum absolute atomic E-state index is 0.0343. The summed E-state index contributed by atoms with van der Waals surface area (Å²) in [5.41, 5.74) is 0.441. The van der Waals surface area contributed by atoms with E-state index in [2.05, 4.69) is 0 Å². The third-order valence-corrected chi connectivity index (χ3v) is 3.30. The van der Waals surface area contributed by atoms with E-state index < -0.39 is 0 Å². The summed E-state index contributed by atoms with van der Waals surface area (Å²) in [5, 5.41) is 9.83. The van der Waals surface area contributed by atoms with Gasteiger partial charge in [0.1, 0.15) is 0 Å². The van der Waals surface area contributed by atoms with Crippen molar-refractivity contribution in [3.63, 3.8) is 0 Å². The van der Waals surface area contributed by atoms with Crippen LogP contribution in [0.5, 0.6) is 0 Å². The van der Waals surface area contributed by atoms with Gasteiger partial charge in [0, 0.05) is 17.6 Å². The maximum absolute atomic E-state index is 12.2. The Balaban J connectivity index is 2.22. The first-order chi connectivity index (χ1) is 8.13. The molecule has 0 spiro atoms. The fourth-order valence-electron chi connectivity index (χ4n) is 1.76. The van der Waals surface area contributed by atoms with Crippen LogP contribution in [-0.4, -0.2) is 35.1 Å². The molecule has 0 unspecified atom stereocenters. The lowest BCUT2D eigenvalue weighted by atomic mass is 10.2. The molecule has 0 aliphatic heterocycles. The summed E-state index contributed by atoms with van der Waals surface area (Å²) < 4.78 is 0. The molecule has 1 saturated carbocycles. The van der Waals surface area contributed by atoms with E-state index in [0.29, 0.717) is 22.2 Å². The first-order valence-corrected chi connectivity index (χ1v) is 6.26. The van der Waals surface area contributed by atoms with E-state index in [-0.39, 0.29) is 18.6 Å². The summed E-state index contributed by atoms with van der Waals surface area (Å²) in [6, 6.07) is 5.08. The minimum atomic E-state index is -0.136. The molecule has 0 heterocycles. The van der Waals surface area contributed by atoms with Crippen LogP contribution in [0.2, 0.25) is 10.0 Å². The largest absolute Gasteiger partial charge is 0.395 e. The second-order valence-corrected chi connectivity index (χ2v) is 4.92. The van der Waals surface area contributed by atoms with Gasteiger partial charge in [0.2, 0.25) is 0 Å². The van der Waals surface area contributed by atoms with Gasteiger partial charge in [-0.1, -0.05) is 23.2 Å². The first-order valence-electron chi connectivity index (χ1n) is 5.50. The molecule has 0 bridgehead atoms. The quantitative estimate of drug-likeness (QED) is 0.916. The number of halogens is 2. The maximum atomic E-state index is 12.2. The molecule has 1 aliphatic rings. The highest BCUT2D eigenvalue weighted by atomic mass is 35.5. The Hall–Kier alpha value is -0.770. The van der Waals surface area contributed by atoms with Crippen LogP contribution >= 0.6 is 23.2 Å². The summed E-state index contributed by atoms with van der Waals surface area (Å²) in [6.07, 6.45) is 1.99. The zero-order valence-corrected chi connectivity index (χ0v) is 10.7. The Morgan fingerprint density at radius 3 is 2.65 bits per heavy atom. The number of aliphatic hydroxyl groups is 1. The highest BCUT2D eigenvalue weighted by Gasteiger charge is 2.33. The third kappa shape index (κ3) is 2.92. The molecule has 1 aromatic carbocycles. The molecule has 92 valence electrons. The number of benzene rings is 1. The summed E-state index contributed by atoms with van der Waals surface area (Å²) in [6.45, 7) is 0.315. The van der Waals surface area contributed by atoms with Crippen molar-refractivity contribution in [3.8, 4) is 0 Å². The van der Waals surface area contributed by atoms with Crippen molar-refractivity contribution in [1.29, 1.82) is 0 Å². The van der Waals surface area contributed by atoms with Crippen LogP contribution in [0.3, 0.4) is 0 Å². The van der Waals surface area contributed by atoms with Crippen LogP contribution in [-0.2, 0) is 0 Å². The summed E-state index contributed by atoms with van der Waals surface area (Å²) >= 11 is 11.8. The van der Waals surface area contributed by atoms with Gasteiger partial charge in [0.15, 0.2) is 0 Å². The Kier molecular flexibility index (Phi) is 3.92. The van der Waals surface area contributed by atoms with Gasteiger partial charge >= 0.3 is 0 Å². The number of hydrogen-bond donors (Lipinski definition) is 1. The van der Waals surface area contributed by atoms with Crippen molar-refractivity contribution < 1.29 is 9.90 Å². The van der Waals surface area contributed by atoms with Crippen molar-refractivity contribution in [1.82, 2.24) is 4.90 Å². The number of carbonyl (C=O) groups excluding carboxylic acids is 1. The minimum Gasteiger partial charge on any atom is -0.395 e. The SMILES string of the molecule is O=C(c1ccc(Cl)cc1Cl)N(CCO)C1CC1. The lowest BCUT2D eigenvalue weighted by Crippen LogP contribution is -2.35. The Labute approximate surface area is 110 Å². The predicted octanol–water partition coefficient (Wildman–Crippen LogP) is 2.59. The van der Waals surface area contributed by atoms with E-state index in [0.717, 1.165) is 12.8 Å². The predicted molar refractivity (Wildman–Crippen MR) is 67.6 cm³/mol. The Bertz CT molecular complexity index is 433. The molecule has 1 aliphatic carbocycles.